The number of thiophene rings is 1. The van der Waals surface area contributed by atoms with Crippen LogP contribution in [0.5, 0.6) is 6.01 Å². The molecule has 0 saturated carbocycles. The van der Waals surface area contributed by atoms with Gasteiger partial charge in [0.25, 0.3) is 0 Å². The first-order valence-corrected chi connectivity index (χ1v) is 15.8. The molecule has 7 rings (SSSR count). The standard InChI is InChI=1S/C31H34F3N7O3S/c1-16-12-20-19(13-36-39-20)22(24(16)31(32,33)34)25-26-18(7-8-35-25)23-27(41-10-11-43-15-30(3,42)14-41)37-29(38-28(23)45-26)44-17(2)21-6-5-9-40(21)4/h7-8,12-13,17,21,42H,5-6,9-11,14-15H2,1-4H3,(H,36,39)/t17-,21-,30-/m0/s1. The Bertz CT molecular complexity index is 1910. The number of H-pyrrole nitrogens is 1. The van der Waals surface area contributed by atoms with Gasteiger partial charge >= 0.3 is 12.2 Å². The molecule has 14 heteroatoms. The van der Waals surface area contributed by atoms with Gasteiger partial charge in [0.1, 0.15) is 22.4 Å². The summed E-state index contributed by atoms with van der Waals surface area (Å²) in [5.74, 6) is 0.532. The van der Waals surface area contributed by atoms with Gasteiger partial charge in [-0.2, -0.15) is 28.2 Å². The third kappa shape index (κ3) is 5.37. The summed E-state index contributed by atoms with van der Waals surface area (Å²) in [6, 6.07) is 3.63. The number of alkyl halides is 3. The number of benzene rings is 1. The van der Waals surface area contributed by atoms with Gasteiger partial charge in [-0.25, -0.2) is 0 Å². The van der Waals surface area contributed by atoms with E-state index < -0.39 is 17.3 Å². The highest BCUT2D eigenvalue weighted by Gasteiger charge is 2.38. The molecule has 6 heterocycles. The maximum absolute atomic E-state index is 14.6. The van der Waals surface area contributed by atoms with E-state index in [9.17, 15) is 18.3 Å². The molecule has 2 N–H and O–H groups in total. The Morgan fingerprint density at radius 2 is 2.07 bits per heavy atom. The van der Waals surface area contributed by atoms with Crippen molar-refractivity contribution in [2.24, 2.45) is 0 Å². The van der Waals surface area contributed by atoms with Gasteiger partial charge in [0, 0.05) is 35.1 Å². The molecule has 0 aliphatic carbocycles. The van der Waals surface area contributed by atoms with E-state index in [0.717, 1.165) is 19.4 Å². The minimum Gasteiger partial charge on any atom is -0.459 e. The number of aromatic amines is 1. The van der Waals surface area contributed by atoms with E-state index >= 15 is 0 Å². The maximum atomic E-state index is 14.6. The smallest absolute Gasteiger partial charge is 0.417 e. The largest absolute Gasteiger partial charge is 0.459 e. The average Bonchev–Trinajstić information content (AvgIpc) is 3.67. The first-order chi connectivity index (χ1) is 21.4. The average molecular weight is 642 g/mol. The van der Waals surface area contributed by atoms with Crippen molar-refractivity contribution in [3.63, 3.8) is 0 Å². The Kier molecular flexibility index (Phi) is 7.38. The summed E-state index contributed by atoms with van der Waals surface area (Å²) in [5.41, 5.74) is -1.17. The number of β-amino-alcohol motifs (C(OH)–C–C–N with tert-alkyl or cyclic N) is 1. The van der Waals surface area contributed by atoms with Crippen molar-refractivity contribution in [1.82, 2.24) is 30.0 Å². The van der Waals surface area contributed by atoms with Crippen LogP contribution in [-0.4, -0.2) is 92.8 Å². The summed E-state index contributed by atoms with van der Waals surface area (Å²) in [7, 11) is 2.07. The van der Waals surface area contributed by atoms with Gasteiger partial charge in [0.05, 0.1) is 52.8 Å². The lowest BCUT2D eigenvalue weighted by Gasteiger charge is -2.29. The van der Waals surface area contributed by atoms with E-state index in [1.54, 1.807) is 13.0 Å². The molecule has 2 saturated heterocycles. The zero-order valence-electron chi connectivity index (χ0n) is 25.4. The van der Waals surface area contributed by atoms with Crippen molar-refractivity contribution in [2.75, 3.05) is 44.8 Å². The number of nitrogens with zero attached hydrogens (tertiary/aromatic N) is 6. The van der Waals surface area contributed by atoms with E-state index in [0.29, 0.717) is 50.2 Å². The van der Waals surface area contributed by atoms with Gasteiger partial charge in [-0.05, 0) is 64.9 Å². The molecule has 45 heavy (non-hydrogen) atoms. The Morgan fingerprint density at radius 3 is 2.82 bits per heavy atom. The number of hydrogen-bond donors (Lipinski definition) is 2. The fraction of sp³-hybridized carbons (Fsp3) is 0.484. The highest BCUT2D eigenvalue weighted by atomic mass is 32.1. The van der Waals surface area contributed by atoms with E-state index in [4.69, 9.17) is 19.4 Å². The second-order valence-electron chi connectivity index (χ2n) is 12.4. The molecule has 0 amide bonds. The first kappa shape index (κ1) is 30.1. The van der Waals surface area contributed by atoms with Crippen LogP contribution in [0.4, 0.5) is 19.0 Å². The minimum atomic E-state index is -4.63. The van der Waals surface area contributed by atoms with Crippen LogP contribution in [0.2, 0.25) is 0 Å². The van der Waals surface area contributed by atoms with Gasteiger partial charge in [-0.15, -0.1) is 11.3 Å². The number of likely N-dealkylation sites (tertiary alicyclic amines) is 1. The van der Waals surface area contributed by atoms with Gasteiger partial charge in [0.15, 0.2) is 0 Å². The zero-order chi connectivity index (χ0) is 31.7. The molecule has 238 valence electrons. The van der Waals surface area contributed by atoms with Crippen molar-refractivity contribution in [2.45, 2.75) is 57.5 Å². The molecule has 0 unspecified atom stereocenters. The number of anilines is 1. The van der Waals surface area contributed by atoms with Crippen LogP contribution in [0.1, 0.15) is 37.8 Å². The molecule has 0 spiro atoms. The number of ether oxygens (including phenoxy) is 2. The maximum Gasteiger partial charge on any atom is 0.417 e. The summed E-state index contributed by atoms with van der Waals surface area (Å²) >= 11 is 1.25. The van der Waals surface area contributed by atoms with Crippen LogP contribution in [0.15, 0.2) is 24.5 Å². The third-order valence-electron chi connectivity index (χ3n) is 8.83. The van der Waals surface area contributed by atoms with Crippen LogP contribution in [0.25, 0.3) is 42.5 Å². The monoisotopic (exact) mass is 641 g/mol. The van der Waals surface area contributed by atoms with Crippen molar-refractivity contribution >= 4 is 48.4 Å². The number of rotatable bonds is 5. The number of nitrogens with one attached hydrogen (secondary N) is 1. The molecule has 0 radical (unpaired) electrons. The lowest BCUT2D eigenvalue weighted by molar-refractivity contribution is -0.137. The fourth-order valence-electron chi connectivity index (χ4n) is 6.82. The van der Waals surface area contributed by atoms with Crippen molar-refractivity contribution in [3.05, 3.63) is 35.7 Å². The van der Waals surface area contributed by atoms with Gasteiger partial charge < -0.3 is 19.5 Å². The molecular weight excluding hydrogens is 607 g/mol. The van der Waals surface area contributed by atoms with E-state index in [-0.39, 0.29) is 48.1 Å². The number of pyridine rings is 1. The number of fused-ring (bicyclic) bond motifs is 4. The Balaban J connectivity index is 1.47. The predicted octanol–water partition coefficient (Wildman–Crippen LogP) is 5.56. The second kappa shape index (κ2) is 11.0. The molecule has 2 aliphatic heterocycles. The van der Waals surface area contributed by atoms with E-state index in [2.05, 4.69) is 27.1 Å². The van der Waals surface area contributed by atoms with Crippen LogP contribution < -0.4 is 9.64 Å². The van der Waals surface area contributed by atoms with Crippen molar-refractivity contribution < 1.29 is 27.8 Å². The molecule has 3 atom stereocenters. The molecule has 1 aromatic carbocycles. The molecular formula is C31H34F3N7O3S. The fourth-order valence-corrected chi connectivity index (χ4v) is 7.97. The zero-order valence-corrected chi connectivity index (χ0v) is 26.2. The molecule has 2 aliphatic rings. The highest BCUT2D eigenvalue weighted by Crippen LogP contribution is 2.48. The number of hydrogen-bond acceptors (Lipinski definition) is 10. The lowest BCUT2D eigenvalue weighted by Crippen LogP contribution is -2.42. The molecule has 10 nitrogen and oxygen atoms in total. The summed E-state index contributed by atoms with van der Waals surface area (Å²) in [6.45, 7) is 7.36. The first-order valence-electron chi connectivity index (χ1n) is 15.0. The number of aromatic nitrogens is 5. The topological polar surface area (TPSA) is 113 Å². The number of likely N-dealkylation sites (N-methyl/N-ethyl adjacent to an activating group) is 1. The SMILES string of the molecule is Cc1cc2[nH]ncc2c(-c2nccc3c2sc2nc(O[C@@H](C)[C@@H]4CCCN4C)nc(N4CCOC[C@@](C)(O)C4)c23)c1C(F)(F)F. The second-order valence-corrected chi connectivity index (χ2v) is 13.4. The predicted molar refractivity (Wildman–Crippen MR) is 167 cm³/mol. The van der Waals surface area contributed by atoms with Gasteiger partial charge in [-0.3, -0.25) is 15.0 Å². The molecule has 0 bridgehead atoms. The minimum absolute atomic E-state index is 0.0293. The summed E-state index contributed by atoms with van der Waals surface area (Å²) in [4.78, 5) is 19.0. The molecule has 5 aromatic rings. The number of aryl methyl sites for hydroxylation is 1. The summed E-state index contributed by atoms with van der Waals surface area (Å²) in [5, 5.41) is 19.6. The number of aliphatic hydroxyl groups is 1. The Morgan fingerprint density at radius 1 is 1.24 bits per heavy atom. The summed E-state index contributed by atoms with van der Waals surface area (Å²) < 4.78 is 56.5. The van der Waals surface area contributed by atoms with Crippen LogP contribution in [-0.2, 0) is 10.9 Å². The molecule has 4 aromatic heterocycles. The van der Waals surface area contributed by atoms with Crippen molar-refractivity contribution in [3.8, 4) is 17.3 Å². The highest BCUT2D eigenvalue weighted by molar-refractivity contribution is 7.26. The van der Waals surface area contributed by atoms with Crippen molar-refractivity contribution in [1.29, 1.82) is 0 Å². The van der Waals surface area contributed by atoms with Gasteiger partial charge in [-0.1, -0.05) is 0 Å². The lowest BCUT2D eigenvalue weighted by atomic mass is 9.94. The van der Waals surface area contributed by atoms with Crippen LogP contribution in [0, 0.1) is 6.92 Å². The van der Waals surface area contributed by atoms with Crippen LogP contribution in [0.3, 0.4) is 0 Å². The summed E-state index contributed by atoms with van der Waals surface area (Å²) in [6.07, 6.45) is 0.187. The normalized spacial score (nSPS) is 22.5. The molecule has 2 fully saturated rings. The Labute approximate surface area is 261 Å². The van der Waals surface area contributed by atoms with E-state index in [1.165, 1.54) is 36.7 Å². The van der Waals surface area contributed by atoms with Crippen LogP contribution >= 0.6 is 11.3 Å². The number of halogens is 3. The van der Waals surface area contributed by atoms with E-state index in [1.807, 2.05) is 11.8 Å². The van der Waals surface area contributed by atoms with Gasteiger partial charge in [0.2, 0.25) is 0 Å². The Hall–Kier alpha value is -3.59. The quantitative estimate of drug-likeness (QED) is 0.255. The third-order valence-corrected chi connectivity index (χ3v) is 9.94.